The molecule has 0 bridgehead atoms. The van der Waals surface area contributed by atoms with Gasteiger partial charge in [0.05, 0.1) is 6.61 Å². The fourth-order valence-electron chi connectivity index (χ4n) is 2.64. The van der Waals surface area contributed by atoms with Gasteiger partial charge in [-0.1, -0.05) is 30.3 Å². The molecular weight excluding hydrogens is 262 g/mol. The summed E-state index contributed by atoms with van der Waals surface area (Å²) < 4.78 is 5.45. The van der Waals surface area contributed by atoms with Crippen molar-refractivity contribution < 1.29 is 4.74 Å². The first-order chi connectivity index (χ1) is 10.3. The quantitative estimate of drug-likeness (QED) is 0.916. The highest BCUT2D eigenvalue weighted by atomic mass is 16.5. The van der Waals surface area contributed by atoms with Crippen molar-refractivity contribution in [2.45, 2.75) is 25.8 Å². The van der Waals surface area contributed by atoms with Crippen molar-refractivity contribution in [1.82, 2.24) is 9.97 Å². The molecule has 21 heavy (non-hydrogen) atoms. The Kier molecular flexibility index (Phi) is 4.46. The van der Waals surface area contributed by atoms with E-state index in [9.17, 15) is 0 Å². The zero-order valence-electron chi connectivity index (χ0n) is 12.3. The first-order valence-corrected chi connectivity index (χ1v) is 7.51. The van der Waals surface area contributed by atoms with Crippen LogP contribution in [0.4, 0.5) is 5.82 Å². The molecule has 1 N–H and O–H groups in total. The lowest BCUT2D eigenvalue weighted by Crippen LogP contribution is -2.26. The van der Waals surface area contributed by atoms with Gasteiger partial charge in [0.1, 0.15) is 11.6 Å². The summed E-state index contributed by atoms with van der Waals surface area (Å²) in [6, 6.07) is 12.6. The first kappa shape index (κ1) is 14.0. The van der Waals surface area contributed by atoms with E-state index < -0.39 is 0 Å². The van der Waals surface area contributed by atoms with Crippen molar-refractivity contribution in [3.63, 3.8) is 0 Å². The SMILES string of the molecule is C[C@H](Nc1ccnc(Cc2ccccc2)n1)[C@H]1CCOC1. The van der Waals surface area contributed by atoms with Crippen LogP contribution in [0.5, 0.6) is 0 Å². The number of nitrogens with one attached hydrogen (secondary N) is 1. The maximum atomic E-state index is 5.45. The zero-order chi connectivity index (χ0) is 14.5. The minimum absolute atomic E-state index is 0.368. The summed E-state index contributed by atoms with van der Waals surface area (Å²) >= 11 is 0. The fourth-order valence-corrected chi connectivity index (χ4v) is 2.64. The number of aromatic nitrogens is 2. The third-order valence-electron chi connectivity index (χ3n) is 3.96. The smallest absolute Gasteiger partial charge is 0.135 e. The van der Waals surface area contributed by atoms with Gasteiger partial charge < -0.3 is 10.1 Å². The van der Waals surface area contributed by atoms with Crippen LogP contribution in [-0.4, -0.2) is 29.2 Å². The number of hydrogen-bond acceptors (Lipinski definition) is 4. The Hall–Kier alpha value is -1.94. The van der Waals surface area contributed by atoms with Gasteiger partial charge >= 0.3 is 0 Å². The van der Waals surface area contributed by atoms with E-state index in [1.54, 1.807) is 0 Å². The minimum Gasteiger partial charge on any atom is -0.381 e. The van der Waals surface area contributed by atoms with Crippen LogP contribution < -0.4 is 5.32 Å². The highest BCUT2D eigenvalue weighted by Gasteiger charge is 2.22. The van der Waals surface area contributed by atoms with Crippen LogP contribution in [0.25, 0.3) is 0 Å². The van der Waals surface area contributed by atoms with E-state index in [1.807, 2.05) is 30.5 Å². The van der Waals surface area contributed by atoms with E-state index in [1.165, 1.54) is 5.56 Å². The molecule has 3 rings (SSSR count). The van der Waals surface area contributed by atoms with Gasteiger partial charge in [0.25, 0.3) is 0 Å². The van der Waals surface area contributed by atoms with Crippen molar-refractivity contribution in [3.8, 4) is 0 Å². The van der Waals surface area contributed by atoms with Crippen LogP contribution in [0.15, 0.2) is 42.6 Å². The van der Waals surface area contributed by atoms with Crippen molar-refractivity contribution >= 4 is 5.82 Å². The van der Waals surface area contributed by atoms with Gasteiger partial charge in [-0.15, -0.1) is 0 Å². The second-order valence-corrected chi connectivity index (χ2v) is 5.58. The third-order valence-corrected chi connectivity index (χ3v) is 3.96. The fraction of sp³-hybridized carbons (Fsp3) is 0.412. The Bertz CT molecular complexity index is 567. The molecule has 1 aliphatic rings. The Morgan fingerprint density at radius 2 is 2.14 bits per heavy atom. The number of hydrogen-bond donors (Lipinski definition) is 1. The summed E-state index contributed by atoms with van der Waals surface area (Å²) in [5.74, 6) is 2.31. The molecule has 1 aliphatic heterocycles. The van der Waals surface area contributed by atoms with Crippen molar-refractivity contribution in [3.05, 3.63) is 54.0 Å². The molecule has 1 fully saturated rings. The molecule has 0 amide bonds. The highest BCUT2D eigenvalue weighted by Crippen LogP contribution is 2.19. The molecule has 2 atom stereocenters. The summed E-state index contributed by atoms with van der Waals surface area (Å²) in [5.41, 5.74) is 1.23. The highest BCUT2D eigenvalue weighted by molar-refractivity contribution is 5.35. The molecule has 1 aromatic heterocycles. The van der Waals surface area contributed by atoms with E-state index >= 15 is 0 Å². The second kappa shape index (κ2) is 6.68. The first-order valence-electron chi connectivity index (χ1n) is 7.51. The van der Waals surface area contributed by atoms with Crippen LogP contribution in [0.2, 0.25) is 0 Å². The minimum atomic E-state index is 0.368. The van der Waals surface area contributed by atoms with E-state index in [0.29, 0.717) is 12.0 Å². The van der Waals surface area contributed by atoms with E-state index in [-0.39, 0.29) is 0 Å². The largest absolute Gasteiger partial charge is 0.381 e. The van der Waals surface area contributed by atoms with Crippen molar-refractivity contribution in [2.75, 3.05) is 18.5 Å². The van der Waals surface area contributed by atoms with Crippen LogP contribution in [-0.2, 0) is 11.2 Å². The van der Waals surface area contributed by atoms with Crippen LogP contribution in [0.3, 0.4) is 0 Å². The van der Waals surface area contributed by atoms with E-state index in [4.69, 9.17) is 4.74 Å². The molecule has 0 aliphatic carbocycles. The maximum Gasteiger partial charge on any atom is 0.135 e. The lowest BCUT2D eigenvalue weighted by Gasteiger charge is -2.19. The molecule has 110 valence electrons. The third kappa shape index (κ3) is 3.79. The van der Waals surface area contributed by atoms with Crippen molar-refractivity contribution in [1.29, 1.82) is 0 Å². The van der Waals surface area contributed by atoms with E-state index in [0.717, 1.165) is 37.7 Å². The number of nitrogens with zero attached hydrogens (tertiary/aromatic N) is 2. The molecule has 0 radical (unpaired) electrons. The van der Waals surface area contributed by atoms with Gasteiger partial charge in [0.2, 0.25) is 0 Å². The predicted molar refractivity (Wildman–Crippen MR) is 83.3 cm³/mol. The summed E-state index contributed by atoms with van der Waals surface area (Å²) in [7, 11) is 0. The molecule has 0 unspecified atom stereocenters. The van der Waals surface area contributed by atoms with Gasteiger partial charge in [-0.25, -0.2) is 9.97 Å². The van der Waals surface area contributed by atoms with Gasteiger partial charge in [0, 0.05) is 31.2 Å². The Morgan fingerprint density at radius 3 is 2.90 bits per heavy atom. The number of rotatable bonds is 5. The van der Waals surface area contributed by atoms with Gasteiger partial charge in [0.15, 0.2) is 0 Å². The molecule has 0 saturated carbocycles. The number of benzene rings is 1. The van der Waals surface area contributed by atoms with E-state index in [2.05, 4.69) is 34.3 Å². The van der Waals surface area contributed by atoms with Gasteiger partial charge in [-0.05, 0) is 25.0 Å². The lowest BCUT2D eigenvalue weighted by atomic mass is 10.0. The number of ether oxygens (including phenoxy) is 1. The molecule has 1 saturated heterocycles. The topological polar surface area (TPSA) is 47.0 Å². The molecule has 0 spiro atoms. The van der Waals surface area contributed by atoms with Crippen LogP contribution in [0.1, 0.15) is 24.7 Å². The molecular formula is C17H21N3O. The number of anilines is 1. The Labute approximate surface area is 125 Å². The summed E-state index contributed by atoms with van der Waals surface area (Å²) in [6.07, 6.45) is 3.71. The second-order valence-electron chi connectivity index (χ2n) is 5.58. The lowest BCUT2D eigenvalue weighted by molar-refractivity contribution is 0.183. The molecule has 1 aromatic carbocycles. The summed E-state index contributed by atoms with van der Waals surface area (Å²) in [4.78, 5) is 8.98. The molecule has 4 nitrogen and oxygen atoms in total. The Morgan fingerprint density at radius 1 is 1.29 bits per heavy atom. The van der Waals surface area contributed by atoms with Crippen LogP contribution >= 0.6 is 0 Å². The monoisotopic (exact) mass is 283 g/mol. The van der Waals surface area contributed by atoms with Gasteiger partial charge in [-0.2, -0.15) is 0 Å². The molecule has 2 aromatic rings. The maximum absolute atomic E-state index is 5.45. The summed E-state index contributed by atoms with van der Waals surface area (Å²) in [5, 5.41) is 3.48. The van der Waals surface area contributed by atoms with Crippen LogP contribution in [0, 0.1) is 5.92 Å². The predicted octanol–water partition coefficient (Wildman–Crippen LogP) is 2.90. The van der Waals surface area contributed by atoms with Gasteiger partial charge in [-0.3, -0.25) is 0 Å². The molecule has 4 heteroatoms. The standard InChI is InChI=1S/C17H21N3O/c1-13(15-8-10-21-12-15)19-16-7-9-18-17(20-16)11-14-5-3-2-4-6-14/h2-7,9,13,15H,8,10-12H2,1H3,(H,18,19,20)/t13-,15-/m0/s1. The average molecular weight is 283 g/mol. The zero-order valence-corrected chi connectivity index (χ0v) is 12.3. The normalized spacial score (nSPS) is 19.4. The Balaban J connectivity index is 1.65. The summed E-state index contributed by atoms with van der Waals surface area (Å²) in [6.45, 7) is 3.91. The average Bonchev–Trinajstić information content (AvgIpc) is 3.03. The van der Waals surface area contributed by atoms with Crippen molar-refractivity contribution in [2.24, 2.45) is 5.92 Å². The molecule has 2 heterocycles.